The topological polar surface area (TPSA) is 78.5 Å². The molecule has 128 valence electrons. The maximum Gasteiger partial charge on any atom is 0.258 e. The highest BCUT2D eigenvalue weighted by Crippen LogP contribution is 2.36. The van der Waals surface area contributed by atoms with Gasteiger partial charge < -0.3 is 19.7 Å². The molecule has 1 atom stereocenters. The van der Waals surface area contributed by atoms with Gasteiger partial charge >= 0.3 is 0 Å². The normalized spacial score (nSPS) is 16.2. The smallest absolute Gasteiger partial charge is 0.258 e. The number of ether oxygens (including phenoxy) is 1. The number of aliphatic hydroxyl groups is 1. The molecule has 25 heavy (non-hydrogen) atoms. The Morgan fingerprint density at radius 2 is 2.16 bits per heavy atom. The Morgan fingerprint density at radius 3 is 2.96 bits per heavy atom. The number of benzene rings is 2. The van der Waals surface area contributed by atoms with Crippen molar-refractivity contribution in [3.63, 3.8) is 0 Å². The molecule has 1 aliphatic rings. The third-order valence-corrected chi connectivity index (χ3v) is 4.68. The predicted molar refractivity (Wildman–Crippen MR) is 96.2 cm³/mol. The van der Waals surface area contributed by atoms with Crippen molar-refractivity contribution in [3.8, 4) is 5.75 Å². The van der Waals surface area contributed by atoms with Crippen molar-refractivity contribution < 1.29 is 9.84 Å². The number of methoxy groups -OCH3 is 1. The number of nitrogens with zero attached hydrogens (tertiary/aromatic N) is 2. The number of H-pyrrole nitrogens is 1. The van der Waals surface area contributed by atoms with Gasteiger partial charge in [-0.05, 0) is 29.8 Å². The second-order valence-corrected chi connectivity index (χ2v) is 6.21. The van der Waals surface area contributed by atoms with Gasteiger partial charge in [-0.1, -0.05) is 18.2 Å². The lowest BCUT2D eigenvalue weighted by Crippen LogP contribution is -2.25. The first-order valence-electron chi connectivity index (χ1n) is 8.21. The van der Waals surface area contributed by atoms with E-state index in [2.05, 4.69) is 14.9 Å². The highest BCUT2D eigenvalue weighted by molar-refractivity contribution is 5.79. The number of rotatable bonds is 4. The maximum absolute atomic E-state index is 12.4. The summed E-state index contributed by atoms with van der Waals surface area (Å²) in [7, 11) is 1.57. The summed E-state index contributed by atoms with van der Waals surface area (Å²) in [6, 6.07) is 13.3. The minimum atomic E-state index is -0.176. The van der Waals surface area contributed by atoms with Crippen LogP contribution in [0.1, 0.15) is 17.3 Å². The van der Waals surface area contributed by atoms with Crippen LogP contribution in [0.2, 0.25) is 0 Å². The fraction of sp³-hybridized carbons (Fsp3) is 0.263. The zero-order valence-corrected chi connectivity index (χ0v) is 13.9. The Labute approximate surface area is 144 Å². The Hall–Kier alpha value is -2.86. The molecule has 1 aliphatic heterocycles. The van der Waals surface area contributed by atoms with Crippen molar-refractivity contribution in [1.29, 1.82) is 0 Å². The molecule has 6 heteroatoms. The van der Waals surface area contributed by atoms with Crippen LogP contribution in [0.3, 0.4) is 0 Å². The molecule has 0 aliphatic carbocycles. The summed E-state index contributed by atoms with van der Waals surface area (Å²) in [5.74, 6) is 1.33. The monoisotopic (exact) mass is 337 g/mol. The van der Waals surface area contributed by atoms with Crippen molar-refractivity contribution in [2.24, 2.45) is 0 Å². The second kappa shape index (κ2) is 6.22. The summed E-state index contributed by atoms with van der Waals surface area (Å²) in [5.41, 5.74) is 2.69. The summed E-state index contributed by atoms with van der Waals surface area (Å²) in [6.45, 7) is 1.31. The Bertz CT molecular complexity index is 983. The summed E-state index contributed by atoms with van der Waals surface area (Å²) < 4.78 is 5.17. The van der Waals surface area contributed by atoms with Crippen molar-refractivity contribution in [3.05, 3.63) is 64.2 Å². The predicted octanol–water partition coefficient (Wildman–Crippen LogP) is 2.03. The van der Waals surface area contributed by atoms with Gasteiger partial charge in [0.05, 0.1) is 31.2 Å². The highest BCUT2D eigenvalue weighted by Gasteiger charge is 2.28. The van der Waals surface area contributed by atoms with Gasteiger partial charge in [0, 0.05) is 18.2 Å². The lowest BCUT2D eigenvalue weighted by molar-refractivity contribution is 0.270. The van der Waals surface area contributed by atoms with Crippen LogP contribution in [0, 0.1) is 0 Å². The first-order chi connectivity index (χ1) is 12.2. The summed E-state index contributed by atoms with van der Waals surface area (Å²) in [6.07, 6.45) is 0. The van der Waals surface area contributed by atoms with E-state index in [1.165, 1.54) is 0 Å². The van der Waals surface area contributed by atoms with E-state index in [-0.39, 0.29) is 18.1 Å². The molecule has 2 heterocycles. The summed E-state index contributed by atoms with van der Waals surface area (Å²) >= 11 is 0. The quantitative estimate of drug-likeness (QED) is 0.762. The van der Waals surface area contributed by atoms with Crippen LogP contribution in [0.25, 0.3) is 10.9 Å². The summed E-state index contributed by atoms with van der Waals surface area (Å²) in [4.78, 5) is 22.0. The third kappa shape index (κ3) is 2.74. The average molecular weight is 337 g/mol. The number of aromatic nitrogens is 2. The van der Waals surface area contributed by atoms with Gasteiger partial charge in [0.1, 0.15) is 11.6 Å². The molecule has 0 amide bonds. The number of nitrogens with one attached hydrogen (secondary N) is 1. The van der Waals surface area contributed by atoms with E-state index in [0.717, 1.165) is 11.3 Å². The Kier molecular flexibility index (Phi) is 3.89. The van der Waals surface area contributed by atoms with Gasteiger partial charge in [-0.2, -0.15) is 0 Å². The average Bonchev–Trinajstić information content (AvgIpc) is 2.99. The van der Waals surface area contributed by atoms with Gasteiger partial charge in [0.15, 0.2) is 0 Å². The first kappa shape index (κ1) is 15.7. The minimum Gasteiger partial charge on any atom is -0.497 e. The molecule has 1 aromatic heterocycles. The largest absolute Gasteiger partial charge is 0.497 e. The van der Waals surface area contributed by atoms with Crippen LogP contribution in [-0.2, 0) is 6.54 Å². The zero-order valence-electron chi connectivity index (χ0n) is 13.9. The third-order valence-electron chi connectivity index (χ3n) is 4.68. The number of hydrogen-bond donors (Lipinski definition) is 2. The highest BCUT2D eigenvalue weighted by atomic mass is 16.5. The molecule has 6 nitrogen and oxygen atoms in total. The molecule has 2 aromatic carbocycles. The van der Waals surface area contributed by atoms with E-state index in [4.69, 9.17) is 4.74 Å². The minimum absolute atomic E-state index is 0.0904. The van der Waals surface area contributed by atoms with Crippen molar-refractivity contribution in [2.45, 2.75) is 12.5 Å². The van der Waals surface area contributed by atoms with Gasteiger partial charge in [0.25, 0.3) is 5.56 Å². The molecule has 0 unspecified atom stereocenters. The molecule has 2 N–H and O–H groups in total. The van der Waals surface area contributed by atoms with Crippen LogP contribution in [0.15, 0.2) is 47.3 Å². The van der Waals surface area contributed by atoms with Gasteiger partial charge in [-0.25, -0.2) is 4.98 Å². The fourth-order valence-corrected chi connectivity index (χ4v) is 3.44. The zero-order chi connectivity index (χ0) is 17.4. The lowest BCUT2D eigenvalue weighted by Gasteiger charge is -2.19. The molecular weight excluding hydrogens is 318 g/mol. The number of hydrogen-bond acceptors (Lipinski definition) is 5. The van der Waals surface area contributed by atoms with Crippen LogP contribution in [0.4, 0.5) is 5.69 Å². The Morgan fingerprint density at radius 1 is 1.32 bits per heavy atom. The molecule has 3 aromatic rings. The Balaban J connectivity index is 1.69. The standard InChI is InChI=1S/C19H19N3O3/c1-25-13-6-7-16-15(8-13)19(24)21-18(20-16)10-22-9-12(11-23)14-4-2-3-5-17(14)22/h2-8,12,23H,9-11H2,1H3,(H,20,21,24)/t12-/m0/s1. The molecular formula is C19H19N3O3. The van der Waals surface area contributed by atoms with Crippen LogP contribution < -0.4 is 15.2 Å². The number of aromatic amines is 1. The fourth-order valence-electron chi connectivity index (χ4n) is 3.44. The molecule has 0 saturated carbocycles. The van der Waals surface area contributed by atoms with Crippen LogP contribution in [0.5, 0.6) is 5.75 Å². The van der Waals surface area contributed by atoms with Gasteiger partial charge in [0.2, 0.25) is 0 Å². The molecule has 0 bridgehead atoms. The van der Waals surface area contributed by atoms with Gasteiger partial charge in [-0.3, -0.25) is 4.79 Å². The lowest BCUT2D eigenvalue weighted by atomic mass is 10.0. The van der Waals surface area contributed by atoms with E-state index in [9.17, 15) is 9.90 Å². The first-order valence-corrected chi connectivity index (χ1v) is 8.21. The number of aliphatic hydroxyl groups excluding tert-OH is 1. The van der Waals surface area contributed by atoms with Crippen LogP contribution >= 0.6 is 0 Å². The van der Waals surface area contributed by atoms with E-state index >= 15 is 0 Å². The second-order valence-electron chi connectivity index (χ2n) is 6.21. The molecule has 4 rings (SSSR count). The molecule has 0 fully saturated rings. The van der Waals surface area contributed by atoms with Crippen molar-refractivity contribution in [1.82, 2.24) is 9.97 Å². The van der Waals surface area contributed by atoms with Crippen molar-refractivity contribution in [2.75, 3.05) is 25.2 Å². The molecule has 0 saturated heterocycles. The number of fused-ring (bicyclic) bond motifs is 2. The summed E-state index contributed by atoms with van der Waals surface area (Å²) in [5, 5.41) is 10.1. The number of anilines is 1. The van der Waals surface area contributed by atoms with Gasteiger partial charge in [-0.15, -0.1) is 0 Å². The van der Waals surface area contributed by atoms with Crippen LogP contribution in [-0.4, -0.2) is 35.3 Å². The van der Waals surface area contributed by atoms with E-state index < -0.39 is 0 Å². The SMILES string of the molecule is COc1ccc2nc(CN3C[C@@H](CO)c4ccccc43)[nH]c(=O)c2c1. The molecule has 0 radical (unpaired) electrons. The van der Waals surface area contributed by atoms with E-state index in [1.807, 2.05) is 24.3 Å². The number of para-hydroxylation sites is 1. The molecule has 0 spiro atoms. The van der Waals surface area contributed by atoms with E-state index in [1.54, 1.807) is 25.3 Å². The van der Waals surface area contributed by atoms with E-state index in [0.29, 0.717) is 35.6 Å². The van der Waals surface area contributed by atoms with Crippen molar-refractivity contribution >= 4 is 16.6 Å². The maximum atomic E-state index is 12.4.